The van der Waals surface area contributed by atoms with Crippen LogP contribution in [0.5, 0.6) is 0 Å². The molecule has 0 saturated heterocycles. The second-order valence-corrected chi connectivity index (χ2v) is 9.35. The molecule has 7 heteroatoms. The number of amides is 1. The van der Waals surface area contributed by atoms with Gasteiger partial charge in [-0.1, -0.05) is 23.9 Å². The van der Waals surface area contributed by atoms with Crippen LogP contribution in [0.1, 0.15) is 73.9 Å². The number of benzene rings is 1. The molecule has 0 spiro atoms. The van der Waals surface area contributed by atoms with E-state index >= 15 is 0 Å². The minimum atomic E-state index is -0.394. The van der Waals surface area contributed by atoms with E-state index in [1.807, 2.05) is 32.0 Å². The Morgan fingerprint density at radius 2 is 2.10 bits per heavy atom. The average Bonchev–Trinajstić information content (AvgIpc) is 3.17. The smallest absolute Gasteiger partial charge is 0.291 e. The summed E-state index contributed by atoms with van der Waals surface area (Å²) < 4.78 is -0.374. The third kappa shape index (κ3) is 4.96. The van der Waals surface area contributed by atoms with Gasteiger partial charge in [-0.25, -0.2) is 4.98 Å². The topological polar surface area (TPSA) is 98.6 Å². The maximum absolute atomic E-state index is 12.6. The Hall–Kier alpha value is -2.85. The number of aromatic amines is 1. The summed E-state index contributed by atoms with van der Waals surface area (Å²) in [4.78, 5) is 31.0. The Morgan fingerprint density at radius 3 is 2.72 bits per heavy atom. The van der Waals surface area contributed by atoms with Gasteiger partial charge < -0.3 is 10.3 Å². The summed E-state index contributed by atoms with van der Waals surface area (Å²) >= 11 is 1.30. The zero-order valence-corrected chi connectivity index (χ0v) is 17.7. The summed E-state index contributed by atoms with van der Waals surface area (Å²) in [5.41, 5.74) is 4.14. The van der Waals surface area contributed by atoms with E-state index in [1.165, 1.54) is 30.0 Å². The monoisotopic (exact) mass is 408 g/mol. The third-order valence-electron chi connectivity index (χ3n) is 4.91. The van der Waals surface area contributed by atoms with Gasteiger partial charge in [-0.2, -0.15) is 5.26 Å². The Morgan fingerprint density at radius 1 is 1.31 bits per heavy atom. The van der Waals surface area contributed by atoms with Gasteiger partial charge >= 0.3 is 0 Å². The van der Waals surface area contributed by atoms with Crippen molar-refractivity contribution in [1.29, 1.82) is 5.26 Å². The van der Waals surface area contributed by atoms with Crippen molar-refractivity contribution in [2.24, 2.45) is 0 Å². The summed E-state index contributed by atoms with van der Waals surface area (Å²) in [7, 11) is 0. The molecular weight excluding hydrogens is 384 g/mol. The van der Waals surface area contributed by atoms with E-state index < -0.39 is 5.91 Å². The highest BCUT2D eigenvalue weighted by molar-refractivity contribution is 8.14. The minimum Gasteiger partial charge on any atom is -0.326 e. The fourth-order valence-electron chi connectivity index (χ4n) is 3.47. The second kappa shape index (κ2) is 8.66. The first-order valence-electron chi connectivity index (χ1n) is 9.60. The fraction of sp³-hybridized carbons (Fsp3) is 0.364. The molecule has 2 aromatic rings. The summed E-state index contributed by atoms with van der Waals surface area (Å²) in [5.74, 6) is -0.295. The summed E-state index contributed by atoms with van der Waals surface area (Å²) in [6, 6.07) is 7.84. The van der Waals surface area contributed by atoms with Crippen LogP contribution in [0.2, 0.25) is 0 Å². The molecule has 0 atom stereocenters. The van der Waals surface area contributed by atoms with Gasteiger partial charge in [-0.05, 0) is 62.8 Å². The zero-order chi connectivity index (χ0) is 21.0. The van der Waals surface area contributed by atoms with Crippen LogP contribution in [-0.4, -0.2) is 21.0 Å². The lowest BCUT2D eigenvalue weighted by Crippen LogP contribution is -2.17. The van der Waals surface area contributed by atoms with Crippen molar-refractivity contribution in [2.45, 2.75) is 51.2 Å². The Labute approximate surface area is 174 Å². The molecular formula is C22H24N4O2S. The van der Waals surface area contributed by atoms with Gasteiger partial charge in [-0.15, -0.1) is 0 Å². The largest absolute Gasteiger partial charge is 0.326 e. The molecule has 1 aromatic heterocycles. The first-order chi connectivity index (χ1) is 13.8. The van der Waals surface area contributed by atoms with E-state index in [1.54, 1.807) is 6.92 Å². The molecule has 1 heterocycles. The van der Waals surface area contributed by atoms with Gasteiger partial charge in [0.2, 0.25) is 0 Å². The van der Waals surface area contributed by atoms with Crippen LogP contribution in [0.25, 0.3) is 5.57 Å². The van der Waals surface area contributed by atoms with E-state index in [0.29, 0.717) is 5.69 Å². The van der Waals surface area contributed by atoms with E-state index in [4.69, 9.17) is 5.26 Å². The predicted molar refractivity (Wildman–Crippen MR) is 115 cm³/mol. The van der Waals surface area contributed by atoms with Gasteiger partial charge in [0.15, 0.2) is 10.9 Å². The molecule has 2 N–H and O–H groups in total. The standard InChI is InChI=1S/C22H24N4O2S/c1-14(27)29-22(2,3)16-9-10-19(18(11-16)15-7-5-4-6-8-15)26-21(28)20-24-13-17(12-23)25-20/h7,9-11,13H,4-6,8H2,1-3H3,(H,24,25)(H,26,28). The Bertz CT molecular complexity index is 1010. The third-order valence-corrected chi connectivity index (χ3v) is 5.94. The van der Waals surface area contributed by atoms with Crippen LogP contribution < -0.4 is 5.32 Å². The molecule has 150 valence electrons. The average molecular weight is 409 g/mol. The highest BCUT2D eigenvalue weighted by atomic mass is 32.2. The number of nitriles is 1. The SMILES string of the molecule is CC(=O)SC(C)(C)c1ccc(NC(=O)c2ncc(C#N)[nH]2)c(C2=CCCCC2)c1. The first kappa shape index (κ1) is 20.9. The number of hydrogen-bond acceptors (Lipinski definition) is 5. The summed E-state index contributed by atoms with van der Waals surface area (Å²) in [6.45, 7) is 5.63. The molecule has 0 aliphatic heterocycles. The van der Waals surface area contributed by atoms with Crippen LogP contribution in [0.15, 0.2) is 30.5 Å². The predicted octanol–water partition coefficient (Wildman–Crippen LogP) is 5.01. The van der Waals surface area contributed by atoms with Crippen molar-refractivity contribution >= 4 is 34.0 Å². The van der Waals surface area contributed by atoms with Gasteiger partial charge in [0.25, 0.3) is 5.91 Å². The molecule has 0 fully saturated rings. The quantitative estimate of drug-likeness (QED) is 0.725. The molecule has 1 aliphatic rings. The molecule has 1 amide bonds. The number of anilines is 1. The second-order valence-electron chi connectivity index (χ2n) is 7.55. The summed E-state index contributed by atoms with van der Waals surface area (Å²) in [6.07, 6.45) is 7.81. The van der Waals surface area contributed by atoms with Crippen molar-refractivity contribution in [3.05, 3.63) is 53.1 Å². The van der Waals surface area contributed by atoms with E-state index in [2.05, 4.69) is 27.4 Å². The molecule has 6 nitrogen and oxygen atoms in total. The molecule has 0 saturated carbocycles. The number of nitrogens with one attached hydrogen (secondary N) is 2. The lowest BCUT2D eigenvalue weighted by Gasteiger charge is -2.26. The number of carbonyl (C=O) groups excluding carboxylic acids is 2. The number of rotatable bonds is 5. The first-order valence-corrected chi connectivity index (χ1v) is 10.4. The molecule has 1 aliphatic carbocycles. The van der Waals surface area contributed by atoms with Crippen molar-refractivity contribution in [1.82, 2.24) is 9.97 Å². The Kier molecular flexibility index (Phi) is 6.23. The van der Waals surface area contributed by atoms with Gasteiger partial charge in [0.05, 0.1) is 6.20 Å². The molecule has 0 bridgehead atoms. The van der Waals surface area contributed by atoms with Crippen LogP contribution >= 0.6 is 11.8 Å². The van der Waals surface area contributed by atoms with E-state index in [9.17, 15) is 9.59 Å². The number of imidazole rings is 1. The minimum absolute atomic E-state index is 0.0666. The molecule has 1 aromatic carbocycles. The number of allylic oxidation sites excluding steroid dienone is 2. The highest BCUT2D eigenvalue weighted by Crippen LogP contribution is 2.40. The molecule has 0 radical (unpaired) electrons. The lowest BCUT2D eigenvalue weighted by molar-refractivity contribution is -0.109. The molecule has 29 heavy (non-hydrogen) atoms. The summed E-state index contributed by atoms with van der Waals surface area (Å²) in [5, 5.41) is 11.9. The van der Waals surface area contributed by atoms with Crippen LogP contribution in [0, 0.1) is 11.3 Å². The van der Waals surface area contributed by atoms with Crippen molar-refractivity contribution in [2.75, 3.05) is 5.32 Å². The van der Waals surface area contributed by atoms with Crippen molar-refractivity contribution in [3.8, 4) is 6.07 Å². The van der Waals surface area contributed by atoms with Crippen LogP contribution in [0.4, 0.5) is 5.69 Å². The molecule has 0 unspecified atom stereocenters. The normalized spacial score (nSPS) is 14.1. The molecule has 3 rings (SSSR count). The fourth-order valence-corrected chi connectivity index (χ4v) is 4.43. The number of nitrogens with zero attached hydrogens (tertiary/aromatic N) is 2. The number of aromatic nitrogens is 2. The van der Waals surface area contributed by atoms with Crippen LogP contribution in [0.3, 0.4) is 0 Å². The zero-order valence-electron chi connectivity index (χ0n) is 16.8. The Balaban J connectivity index is 1.97. The van der Waals surface area contributed by atoms with Gasteiger partial charge in [0, 0.05) is 22.9 Å². The lowest BCUT2D eigenvalue weighted by atomic mass is 9.89. The number of carbonyl (C=O) groups is 2. The van der Waals surface area contributed by atoms with Crippen molar-refractivity contribution in [3.63, 3.8) is 0 Å². The van der Waals surface area contributed by atoms with Gasteiger partial charge in [0.1, 0.15) is 11.8 Å². The number of thioether (sulfide) groups is 1. The van der Waals surface area contributed by atoms with E-state index in [-0.39, 0.29) is 21.4 Å². The maximum atomic E-state index is 12.6. The van der Waals surface area contributed by atoms with Crippen LogP contribution in [-0.2, 0) is 9.54 Å². The number of H-pyrrole nitrogens is 1. The van der Waals surface area contributed by atoms with Gasteiger partial charge in [-0.3, -0.25) is 9.59 Å². The van der Waals surface area contributed by atoms with Crippen molar-refractivity contribution < 1.29 is 9.59 Å². The highest BCUT2D eigenvalue weighted by Gasteiger charge is 2.25. The maximum Gasteiger partial charge on any atom is 0.291 e. The number of hydrogen-bond donors (Lipinski definition) is 2. The van der Waals surface area contributed by atoms with E-state index in [0.717, 1.165) is 30.4 Å².